The van der Waals surface area contributed by atoms with Crippen molar-refractivity contribution < 1.29 is 23.4 Å². The highest BCUT2D eigenvalue weighted by molar-refractivity contribution is 6.11. The van der Waals surface area contributed by atoms with Gasteiger partial charge in [-0.15, -0.1) is 0 Å². The van der Waals surface area contributed by atoms with Crippen molar-refractivity contribution in [2.45, 2.75) is 12.0 Å². The molecule has 1 spiro atoms. The number of rotatable bonds is 2. The fraction of sp³-hybridized carbons (Fsp3) is 0.200. The number of anilines is 1. The molecule has 0 N–H and O–H groups in total. The largest absolute Gasteiger partial charge is 0.491 e. The molecule has 1 atom stereocenters. The first-order valence-corrected chi connectivity index (χ1v) is 8.64. The van der Waals surface area contributed by atoms with Crippen molar-refractivity contribution in [1.29, 1.82) is 0 Å². The normalized spacial score (nSPS) is 21.5. The third-order valence-electron chi connectivity index (χ3n) is 5.42. The average Bonchev–Trinajstić information content (AvgIpc) is 3.46. The van der Waals surface area contributed by atoms with Gasteiger partial charge in [0.15, 0.2) is 11.5 Å². The number of hydrogen-bond donors (Lipinski definition) is 0. The molecule has 3 aromatic rings. The SMILES string of the molecule is O=C1N(Cc2ncco2)c2ccccc2C12COc1cc3c(cc12)OCO3. The summed E-state index contributed by atoms with van der Waals surface area (Å²) in [6.07, 6.45) is 3.08. The van der Waals surface area contributed by atoms with Gasteiger partial charge >= 0.3 is 0 Å². The number of benzene rings is 2. The number of aromatic nitrogens is 1. The number of amides is 1. The number of carbonyl (C=O) groups is 1. The quantitative estimate of drug-likeness (QED) is 0.698. The van der Waals surface area contributed by atoms with Gasteiger partial charge in [-0.25, -0.2) is 4.98 Å². The molecule has 4 heterocycles. The van der Waals surface area contributed by atoms with Crippen LogP contribution >= 0.6 is 0 Å². The Hall–Kier alpha value is -3.48. The Balaban J connectivity index is 1.54. The molecule has 7 heteroatoms. The molecule has 6 rings (SSSR count). The Morgan fingerprint density at radius 2 is 1.89 bits per heavy atom. The molecule has 0 radical (unpaired) electrons. The Kier molecular flexibility index (Phi) is 2.73. The van der Waals surface area contributed by atoms with Crippen LogP contribution in [0.1, 0.15) is 17.0 Å². The van der Waals surface area contributed by atoms with E-state index in [0.717, 1.165) is 16.8 Å². The van der Waals surface area contributed by atoms with E-state index in [4.69, 9.17) is 18.6 Å². The predicted molar refractivity (Wildman–Crippen MR) is 93.0 cm³/mol. The maximum Gasteiger partial charge on any atom is 0.246 e. The van der Waals surface area contributed by atoms with Crippen LogP contribution in [0.4, 0.5) is 5.69 Å². The first-order valence-electron chi connectivity index (χ1n) is 8.64. The van der Waals surface area contributed by atoms with Gasteiger partial charge in [-0.05, 0) is 17.7 Å². The molecule has 2 aromatic carbocycles. The Morgan fingerprint density at radius 3 is 2.74 bits per heavy atom. The number of para-hydroxylation sites is 1. The zero-order valence-corrected chi connectivity index (χ0v) is 14.2. The van der Waals surface area contributed by atoms with Crippen molar-refractivity contribution in [1.82, 2.24) is 4.98 Å². The van der Waals surface area contributed by atoms with Crippen LogP contribution in [-0.4, -0.2) is 24.3 Å². The summed E-state index contributed by atoms with van der Waals surface area (Å²) >= 11 is 0. The zero-order valence-electron chi connectivity index (χ0n) is 14.2. The van der Waals surface area contributed by atoms with E-state index in [9.17, 15) is 4.79 Å². The molecular formula is C20H14N2O5. The van der Waals surface area contributed by atoms with Gasteiger partial charge in [-0.1, -0.05) is 18.2 Å². The smallest absolute Gasteiger partial charge is 0.246 e. The van der Waals surface area contributed by atoms with E-state index in [0.29, 0.717) is 23.1 Å². The zero-order chi connectivity index (χ0) is 18.0. The predicted octanol–water partition coefficient (Wildman–Crippen LogP) is 2.63. The summed E-state index contributed by atoms with van der Waals surface area (Å²) in [5.74, 6) is 2.36. The maximum atomic E-state index is 13.7. The standard InChI is InChI=1S/C20H14N2O5/c23-19-20(10-25-15-8-17-16(7-13(15)20)26-11-27-17)12-3-1-2-4-14(12)22(19)9-18-21-5-6-24-18/h1-8H,9-11H2. The molecule has 1 unspecified atom stereocenters. The lowest BCUT2D eigenvalue weighted by atomic mass is 9.77. The molecule has 0 saturated heterocycles. The molecule has 3 aliphatic rings. The number of carbonyl (C=O) groups excluding carboxylic acids is 1. The highest BCUT2D eigenvalue weighted by Crippen LogP contribution is 2.55. The van der Waals surface area contributed by atoms with Gasteiger partial charge in [0.2, 0.25) is 18.6 Å². The van der Waals surface area contributed by atoms with E-state index < -0.39 is 5.41 Å². The van der Waals surface area contributed by atoms with Gasteiger partial charge in [-0.3, -0.25) is 4.79 Å². The van der Waals surface area contributed by atoms with Crippen molar-refractivity contribution in [3.05, 3.63) is 65.9 Å². The first-order chi connectivity index (χ1) is 13.3. The van der Waals surface area contributed by atoms with E-state index in [1.54, 1.807) is 17.2 Å². The lowest BCUT2D eigenvalue weighted by molar-refractivity contribution is -0.122. The van der Waals surface area contributed by atoms with Crippen molar-refractivity contribution in [3.63, 3.8) is 0 Å². The number of nitrogens with zero attached hydrogens (tertiary/aromatic N) is 2. The van der Waals surface area contributed by atoms with Gasteiger partial charge in [0, 0.05) is 17.3 Å². The van der Waals surface area contributed by atoms with Crippen LogP contribution in [0, 0.1) is 0 Å². The van der Waals surface area contributed by atoms with Gasteiger partial charge < -0.3 is 23.5 Å². The molecule has 0 fully saturated rings. The molecule has 7 nitrogen and oxygen atoms in total. The van der Waals surface area contributed by atoms with Crippen LogP contribution in [0.25, 0.3) is 0 Å². The Labute approximate surface area is 154 Å². The molecule has 134 valence electrons. The second-order valence-electron chi connectivity index (χ2n) is 6.73. The van der Waals surface area contributed by atoms with Crippen molar-refractivity contribution >= 4 is 11.6 Å². The fourth-order valence-electron chi connectivity index (χ4n) is 4.19. The molecule has 1 aromatic heterocycles. The van der Waals surface area contributed by atoms with Gasteiger partial charge in [0.25, 0.3) is 0 Å². The minimum atomic E-state index is -0.903. The van der Waals surface area contributed by atoms with E-state index in [-0.39, 0.29) is 25.9 Å². The van der Waals surface area contributed by atoms with Crippen molar-refractivity contribution in [2.75, 3.05) is 18.3 Å². The van der Waals surface area contributed by atoms with E-state index >= 15 is 0 Å². The van der Waals surface area contributed by atoms with Gasteiger partial charge in [0.05, 0.1) is 6.20 Å². The third kappa shape index (κ3) is 1.80. The number of hydrogen-bond acceptors (Lipinski definition) is 6. The highest BCUT2D eigenvalue weighted by Gasteiger charge is 2.57. The Morgan fingerprint density at radius 1 is 1.04 bits per heavy atom. The van der Waals surface area contributed by atoms with Crippen LogP contribution in [0.3, 0.4) is 0 Å². The topological polar surface area (TPSA) is 74.0 Å². The third-order valence-corrected chi connectivity index (χ3v) is 5.42. The van der Waals surface area contributed by atoms with Crippen LogP contribution in [0.15, 0.2) is 53.3 Å². The lowest BCUT2D eigenvalue weighted by Gasteiger charge is -2.22. The van der Waals surface area contributed by atoms with Crippen LogP contribution in [0.2, 0.25) is 0 Å². The number of fused-ring (bicyclic) bond motifs is 5. The highest BCUT2D eigenvalue weighted by atomic mass is 16.7. The van der Waals surface area contributed by atoms with Crippen molar-refractivity contribution in [2.24, 2.45) is 0 Å². The van der Waals surface area contributed by atoms with Crippen LogP contribution in [0.5, 0.6) is 17.2 Å². The maximum absolute atomic E-state index is 13.7. The summed E-state index contributed by atoms with van der Waals surface area (Å²) in [6.45, 7) is 0.680. The second-order valence-corrected chi connectivity index (χ2v) is 6.73. The molecule has 0 aliphatic carbocycles. The van der Waals surface area contributed by atoms with Crippen LogP contribution in [-0.2, 0) is 16.8 Å². The molecule has 1 amide bonds. The van der Waals surface area contributed by atoms with E-state index in [1.165, 1.54) is 6.26 Å². The summed E-state index contributed by atoms with van der Waals surface area (Å²) in [4.78, 5) is 19.6. The second kappa shape index (κ2) is 5.03. The van der Waals surface area contributed by atoms with Crippen molar-refractivity contribution in [3.8, 4) is 17.2 Å². The lowest BCUT2D eigenvalue weighted by Crippen LogP contribution is -2.42. The van der Waals surface area contributed by atoms with Crippen LogP contribution < -0.4 is 19.1 Å². The minimum absolute atomic E-state index is 0.0560. The monoisotopic (exact) mass is 362 g/mol. The minimum Gasteiger partial charge on any atom is -0.491 e. The average molecular weight is 362 g/mol. The van der Waals surface area contributed by atoms with Gasteiger partial charge in [-0.2, -0.15) is 0 Å². The number of ether oxygens (including phenoxy) is 3. The summed E-state index contributed by atoms with van der Waals surface area (Å²) in [5, 5.41) is 0. The molecule has 3 aliphatic heterocycles. The number of oxazole rings is 1. The first kappa shape index (κ1) is 14.7. The molecular weight excluding hydrogens is 348 g/mol. The van der Waals surface area contributed by atoms with E-state index in [2.05, 4.69) is 4.98 Å². The molecule has 27 heavy (non-hydrogen) atoms. The summed E-state index contributed by atoms with van der Waals surface area (Å²) < 4.78 is 22.3. The Bertz CT molecular complexity index is 1080. The summed E-state index contributed by atoms with van der Waals surface area (Å²) in [6, 6.07) is 11.5. The van der Waals surface area contributed by atoms with E-state index in [1.807, 2.05) is 30.3 Å². The summed E-state index contributed by atoms with van der Waals surface area (Å²) in [5.41, 5.74) is 1.66. The fourth-order valence-corrected chi connectivity index (χ4v) is 4.19. The molecule has 0 saturated carbocycles. The van der Waals surface area contributed by atoms with Gasteiger partial charge in [0.1, 0.15) is 30.6 Å². The molecule has 0 bridgehead atoms. The summed E-state index contributed by atoms with van der Waals surface area (Å²) in [7, 11) is 0.